The summed E-state index contributed by atoms with van der Waals surface area (Å²) in [7, 11) is -0.718. The third-order valence-electron chi connectivity index (χ3n) is 10.4. The highest BCUT2D eigenvalue weighted by Crippen LogP contribution is 2.43. The molecule has 346 valence electrons. The van der Waals surface area contributed by atoms with Crippen LogP contribution in [0.25, 0.3) is 0 Å². The summed E-state index contributed by atoms with van der Waals surface area (Å²) in [5.74, 6) is -0.814. The van der Waals surface area contributed by atoms with Gasteiger partial charge in [0, 0.05) is 19.4 Å². The number of nitrogens with zero attached hydrogens (tertiary/aromatic N) is 1. The molecule has 10 heteroatoms. The van der Waals surface area contributed by atoms with Crippen molar-refractivity contribution in [3.05, 3.63) is 36.5 Å². The fraction of sp³-hybridized carbons (Fsp3) is 0.837. The first-order valence-electron chi connectivity index (χ1n) is 24.3. The second-order valence-corrected chi connectivity index (χ2v) is 18.1. The van der Waals surface area contributed by atoms with Gasteiger partial charge in [0.25, 0.3) is 0 Å². The minimum Gasteiger partial charge on any atom is -0.462 e. The molecule has 2 unspecified atom stereocenters. The van der Waals surface area contributed by atoms with E-state index in [1.807, 2.05) is 19.0 Å². The lowest BCUT2D eigenvalue weighted by molar-refractivity contribution is -0.161. The molecule has 0 amide bonds. The molecule has 0 saturated heterocycles. The predicted molar refractivity (Wildman–Crippen MR) is 248 cm³/mol. The normalized spacial score (nSPS) is 13.6. The van der Waals surface area contributed by atoms with E-state index < -0.39 is 26.5 Å². The molecule has 0 aromatic heterocycles. The Balaban J connectivity index is 4.19. The molecule has 0 rings (SSSR count). The molecule has 0 aliphatic carbocycles. The molecule has 1 N–H and O–H groups in total. The number of carbonyl (C=O) groups is 2. The first-order chi connectivity index (χ1) is 28.7. The first-order valence-corrected chi connectivity index (χ1v) is 25.8. The smallest absolute Gasteiger partial charge is 0.462 e. The zero-order valence-corrected chi connectivity index (χ0v) is 39.6. The van der Waals surface area contributed by atoms with E-state index in [-0.39, 0.29) is 32.0 Å². The van der Waals surface area contributed by atoms with E-state index in [4.69, 9.17) is 18.5 Å². The van der Waals surface area contributed by atoms with Gasteiger partial charge in [0.1, 0.15) is 6.61 Å². The van der Waals surface area contributed by atoms with E-state index in [1.165, 1.54) is 128 Å². The first kappa shape index (κ1) is 57.2. The monoisotopic (exact) mass is 854 g/mol. The van der Waals surface area contributed by atoms with Crippen LogP contribution in [0.15, 0.2) is 36.5 Å². The summed E-state index contributed by atoms with van der Waals surface area (Å²) in [5.41, 5.74) is 0. The van der Waals surface area contributed by atoms with Crippen molar-refractivity contribution in [2.24, 2.45) is 0 Å². The molecule has 59 heavy (non-hydrogen) atoms. The molecular formula is C49H92NO8P. The van der Waals surface area contributed by atoms with Gasteiger partial charge in [0.05, 0.1) is 13.2 Å². The number of phosphoric ester groups is 1. The summed E-state index contributed by atoms with van der Waals surface area (Å²) in [5, 5.41) is 0. The second-order valence-electron chi connectivity index (χ2n) is 16.6. The van der Waals surface area contributed by atoms with E-state index in [9.17, 15) is 19.0 Å². The molecule has 0 aromatic rings. The average molecular weight is 854 g/mol. The fourth-order valence-corrected chi connectivity index (χ4v) is 7.40. The van der Waals surface area contributed by atoms with Crippen LogP contribution in [0.1, 0.15) is 219 Å². The highest BCUT2D eigenvalue weighted by Gasteiger charge is 2.26. The predicted octanol–water partition coefficient (Wildman–Crippen LogP) is 14.3. The number of allylic oxidation sites excluding steroid dienone is 6. The van der Waals surface area contributed by atoms with Gasteiger partial charge < -0.3 is 19.3 Å². The van der Waals surface area contributed by atoms with E-state index in [1.54, 1.807) is 0 Å². The van der Waals surface area contributed by atoms with Gasteiger partial charge in [0.15, 0.2) is 6.10 Å². The minimum atomic E-state index is -4.37. The lowest BCUT2D eigenvalue weighted by Crippen LogP contribution is -2.29. The van der Waals surface area contributed by atoms with Crippen molar-refractivity contribution in [1.82, 2.24) is 4.90 Å². The zero-order valence-electron chi connectivity index (χ0n) is 38.7. The number of phosphoric acid groups is 1. The summed E-state index contributed by atoms with van der Waals surface area (Å²) in [4.78, 5) is 37.1. The molecular weight excluding hydrogens is 762 g/mol. The molecule has 0 aromatic carbocycles. The summed E-state index contributed by atoms with van der Waals surface area (Å²) in [6.07, 6.45) is 49.0. The Hall–Kier alpha value is -1.77. The van der Waals surface area contributed by atoms with E-state index in [2.05, 4.69) is 50.3 Å². The van der Waals surface area contributed by atoms with Crippen LogP contribution in [-0.4, -0.2) is 68.3 Å². The van der Waals surface area contributed by atoms with Gasteiger partial charge in [-0.15, -0.1) is 0 Å². The molecule has 0 spiro atoms. The number of ether oxygens (including phenoxy) is 2. The molecule has 0 heterocycles. The largest absolute Gasteiger partial charge is 0.472 e. The molecule has 0 aliphatic rings. The lowest BCUT2D eigenvalue weighted by atomic mass is 10.0. The Morgan fingerprint density at radius 2 is 0.915 bits per heavy atom. The Morgan fingerprint density at radius 3 is 1.39 bits per heavy atom. The second kappa shape index (κ2) is 44.3. The highest BCUT2D eigenvalue weighted by atomic mass is 31.2. The maximum Gasteiger partial charge on any atom is 0.472 e. The number of esters is 2. The van der Waals surface area contributed by atoms with Crippen molar-refractivity contribution in [1.29, 1.82) is 0 Å². The zero-order chi connectivity index (χ0) is 43.3. The van der Waals surface area contributed by atoms with Crippen LogP contribution >= 0.6 is 7.82 Å². The lowest BCUT2D eigenvalue weighted by Gasteiger charge is -2.20. The maximum absolute atomic E-state index is 12.7. The van der Waals surface area contributed by atoms with Gasteiger partial charge in [-0.05, 0) is 84.7 Å². The summed E-state index contributed by atoms with van der Waals surface area (Å²) in [6.45, 7) is 4.30. The number of carbonyl (C=O) groups excluding carboxylic acids is 2. The van der Waals surface area contributed by atoms with Gasteiger partial charge in [-0.25, -0.2) is 4.57 Å². The van der Waals surface area contributed by atoms with Crippen LogP contribution in [-0.2, 0) is 32.7 Å². The molecule has 0 aliphatic heterocycles. The van der Waals surface area contributed by atoms with Crippen LogP contribution < -0.4 is 0 Å². The number of rotatable bonds is 45. The van der Waals surface area contributed by atoms with Crippen LogP contribution in [0, 0.1) is 0 Å². The van der Waals surface area contributed by atoms with E-state index >= 15 is 0 Å². The van der Waals surface area contributed by atoms with Crippen LogP contribution in [0.3, 0.4) is 0 Å². The minimum absolute atomic E-state index is 0.00469. The van der Waals surface area contributed by atoms with Crippen molar-refractivity contribution in [2.75, 3.05) is 40.5 Å². The van der Waals surface area contributed by atoms with Crippen molar-refractivity contribution in [2.45, 2.75) is 225 Å². The standard InChI is InChI=1S/C49H92NO8P/c1-5-7-9-11-13-15-17-19-21-22-23-24-25-26-28-29-31-33-35-37-39-41-48(51)55-45-47(46-57-59(53,54)56-44-43-50(3)4)58-49(52)42-40-38-36-34-32-30-27-20-18-16-14-12-10-8-6-2/h14,16,19-21,27,47H,5-13,15,17-18,22-26,28-46H2,1-4H3,(H,53,54)/b16-14-,21-19-,27-20-. The molecule has 2 atom stereocenters. The van der Waals surface area contributed by atoms with Crippen LogP contribution in [0.5, 0.6) is 0 Å². The average Bonchev–Trinajstić information content (AvgIpc) is 3.20. The molecule has 9 nitrogen and oxygen atoms in total. The quantitative estimate of drug-likeness (QED) is 0.0277. The summed E-state index contributed by atoms with van der Waals surface area (Å²) < 4.78 is 33.5. The van der Waals surface area contributed by atoms with Crippen molar-refractivity contribution in [3.8, 4) is 0 Å². The van der Waals surface area contributed by atoms with E-state index in [0.717, 1.165) is 57.8 Å². The van der Waals surface area contributed by atoms with Crippen molar-refractivity contribution < 1.29 is 37.6 Å². The van der Waals surface area contributed by atoms with E-state index in [0.29, 0.717) is 13.0 Å². The number of hydrogen-bond acceptors (Lipinski definition) is 8. The Labute approximate surface area is 363 Å². The Bertz CT molecular complexity index is 1080. The molecule has 0 bridgehead atoms. The fourth-order valence-electron chi connectivity index (χ4n) is 6.65. The van der Waals surface area contributed by atoms with Crippen LogP contribution in [0.2, 0.25) is 0 Å². The van der Waals surface area contributed by atoms with Gasteiger partial charge in [0.2, 0.25) is 0 Å². The number of hydrogen-bond donors (Lipinski definition) is 1. The third kappa shape index (κ3) is 45.6. The van der Waals surface area contributed by atoms with Gasteiger partial charge in [-0.3, -0.25) is 18.6 Å². The maximum atomic E-state index is 12.7. The highest BCUT2D eigenvalue weighted by molar-refractivity contribution is 7.47. The van der Waals surface area contributed by atoms with Gasteiger partial charge in [-0.1, -0.05) is 172 Å². The molecule has 0 radical (unpaired) electrons. The summed E-state index contributed by atoms with van der Waals surface area (Å²) in [6, 6.07) is 0. The molecule has 0 fully saturated rings. The third-order valence-corrected chi connectivity index (χ3v) is 11.4. The topological polar surface area (TPSA) is 112 Å². The van der Waals surface area contributed by atoms with Crippen molar-refractivity contribution >= 4 is 19.8 Å². The number of likely N-dealkylation sites (N-methyl/N-ethyl adjacent to an activating group) is 1. The number of unbranched alkanes of at least 4 members (excludes halogenated alkanes) is 25. The molecule has 0 saturated carbocycles. The SMILES string of the molecule is CCCCC/C=C\C/C=C\CCCCCCCC(=O)OC(COC(=O)CCCCCCCCCCCCC/C=C\CCCCCCCC)COP(=O)(O)OCCN(C)C. The van der Waals surface area contributed by atoms with Gasteiger partial charge in [-0.2, -0.15) is 0 Å². The Morgan fingerprint density at radius 1 is 0.525 bits per heavy atom. The van der Waals surface area contributed by atoms with Crippen LogP contribution in [0.4, 0.5) is 0 Å². The summed E-state index contributed by atoms with van der Waals surface area (Å²) >= 11 is 0. The van der Waals surface area contributed by atoms with Gasteiger partial charge >= 0.3 is 19.8 Å². The van der Waals surface area contributed by atoms with Crippen molar-refractivity contribution in [3.63, 3.8) is 0 Å². The Kier molecular flexibility index (Phi) is 43.0.